The molecule has 1 aromatic heterocycles. The molecule has 1 heterocycles. The van der Waals surface area contributed by atoms with Crippen molar-refractivity contribution in [1.82, 2.24) is 10.3 Å². The van der Waals surface area contributed by atoms with Gasteiger partial charge >= 0.3 is 0 Å². The predicted molar refractivity (Wildman–Crippen MR) is 138 cm³/mol. The Morgan fingerprint density at radius 1 is 1.06 bits per heavy atom. The van der Waals surface area contributed by atoms with Crippen LogP contribution in [0.25, 0.3) is 22.6 Å². The van der Waals surface area contributed by atoms with Crippen molar-refractivity contribution in [3.63, 3.8) is 0 Å². The smallest absolute Gasteiger partial charge is 0.257 e. The van der Waals surface area contributed by atoms with Gasteiger partial charge < -0.3 is 9.73 Å². The summed E-state index contributed by atoms with van der Waals surface area (Å²) in [6, 6.07) is 19.5. The molecule has 1 atom stereocenters. The van der Waals surface area contributed by atoms with E-state index in [2.05, 4.69) is 41.6 Å². The molecule has 1 amide bonds. The van der Waals surface area contributed by atoms with E-state index in [1.807, 2.05) is 62.4 Å². The van der Waals surface area contributed by atoms with Gasteiger partial charge in [-0.25, -0.2) is 4.98 Å². The summed E-state index contributed by atoms with van der Waals surface area (Å²) in [5.41, 5.74) is 7.16. The molecule has 4 rings (SSSR count). The first-order valence-electron chi connectivity index (χ1n) is 11.0. The molecule has 0 fully saturated rings. The summed E-state index contributed by atoms with van der Waals surface area (Å²) in [6.07, 6.45) is 1.08. The minimum atomic E-state index is -0.232. The highest BCUT2D eigenvalue weighted by molar-refractivity contribution is 7.80. The van der Waals surface area contributed by atoms with Crippen LogP contribution in [-0.4, -0.2) is 16.0 Å². The molecule has 0 saturated heterocycles. The molecule has 0 aliphatic rings. The van der Waals surface area contributed by atoms with E-state index in [9.17, 15) is 4.79 Å². The van der Waals surface area contributed by atoms with E-state index in [0.717, 1.165) is 39.9 Å². The van der Waals surface area contributed by atoms with Crippen molar-refractivity contribution in [2.24, 2.45) is 0 Å². The molecule has 0 aliphatic heterocycles. The molecule has 33 heavy (non-hydrogen) atoms. The highest BCUT2D eigenvalue weighted by atomic mass is 32.1. The Balaban J connectivity index is 1.43. The van der Waals surface area contributed by atoms with Crippen LogP contribution in [0.4, 0.5) is 5.69 Å². The summed E-state index contributed by atoms with van der Waals surface area (Å²) in [7, 11) is 0. The van der Waals surface area contributed by atoms with Crippen molar-refractivity contribution < 1.29 is 9.21 Å². The Labute approximate surface area is 199 Å². The monoisotopic (exact) mass is 457 g/mol. The summed E-state index contributed by atoms with van der Waals surface area (Å²) in [5, 5.41) is 6.03. The van der Waals surface area contributed by atoms with E-state index in [1.54, 1.807) is 0 Å². The molecule has 0 aliphatic carbocycles. The van der Waals surface area contributed by atoms with Gasteiger partial charge in [0.1, 0.15) is 5.52 Å². The lowest BCUT2D eigenvalue weighted by atomic mass is 9.98. The van der Waals surface area contributed by atoms with E-state index < -0.39 is 0 Å². The quantitative estimate of drug-likeness (QED) is 0.324. The van der Waals surface area contributed by atoms with E-state index in [-0.39, 0.29) is 11.0 Å². The van der Waals surface area contributed by atoms with Crippen molar-refractivity contribution in [3.8, 4) is 11.5 Å². The number of carbonyl (C=O) groups is 1. The fourth-order valence-corrected chi connectivity index (χ4v) is 3.92. The number of hydrogen-bond acceptors (Lipinski definition) is 4. The van der Waals surface area contributed by atoms with Crippen molar-refractivity contribution in [2.45, 2.75) is 40.0 Å². The maximum atomic E-state index is 12.5. The number of aromatic nitrogens is 1. The Morgan fingerprint density at radius 3 is 2.52 bits per heavy atom. The lowest BCUT2D eigenvalue weighted by Crippen LogP contribution is -2.34. The van der Waals surface area contributed by atoms with Crippen molar-refractivity contribution in [3.05, 3.63) is 82.9 Å². The third kappa shape index (κ3) is 5.12. The number of amides is 1. The van der Waals surface area contributed by atoms with Crippen LogP contribution in [0.1, 0.15) is 53.2 Å². The number of thiocarbonyl (C=S) groups is 1. The van der Waals surface area contributed by atoms with Gasteiger partial charge in [0.15, 0.2) is 10.7 Å². The standard InChI is InChI=1S/C27H27N3O2S/c1-5-17(3)20-9-13-24-23(15-20)29-26(32-24)19-7-10-21(11-8-19)28-27(33)30-25(31)22-12-6-16(2)14-18(22)4/h6-15,17H,5H2,1-4H3,(H2,28,30,31,33)/t17-/m0/s1. The number of carbonyl (C=O) groups excluding carboxylic acids is 1. The lowest BCUT2D eigenvalue weighted by molar-refractivity contribution is 0.0977. The number of rotatable bonds is 5. The number of nitrogens with zero attached hydrogens (tertiary/aromatic N) is 1. The van der Waals surface area contributed by atoms with E-state index in [0.29, 0.717) is 17.4 Å². The first kappa shape index (κ1) is 22.7. The highest BCUT2D eigenvalue weighted by Gasteiger charge is 2.13. The van der Waals surface area contributed by atoms with Crippen molar-refractivity contribution in [2.75, 3.05) is 5.32 Å². The van der Waals surface area contributed by atoms with Crippen LogP contribution in [0.5, 0.6) is 0 Å². The molecule has 168 valence electrons. The highest BCUT2D eigenvalue weighted by Crippen LogP contribution is 2.28. The minimum absolute atomic E-state index is 0.232. The molecule has 6 heteroatoms. The van der Waals surface area contributed by atoms with Gasteiger partial charge in [0.2, 0.25) is 5.89 Å². The first-order valence-corrected chi connectivity index (χ1v) is 11.5. The fraction of sp³-hybridized carbons (Fsp3) is 0.222. The average molecular weight is 458 g/mol. The number of oxazole rings is 1. The van der Waals surface area contributed by atoms with E-state index in [4.69, 9.17) is 16.6 Å². The van der Waals surface area contributed by atoms with Gasteiger partial charge in [-0.3, -0.25) is 10.1 Å². The number of anilines is 1. The molecule has 4 aromatic rings. The number of benzene rings is 3. The third-order valence-corrected chi connectivity index (χ3v) is 6.04. The van der Waals surface area contributed by atoms with Gasteiger partial charge in [0.05, 0.1) is 0 Å². The minimum Gasteiger partial charge on any atom is -0.436 e. The number of hydrogen-bond donors (Lipinski definition) is 2. The van der Waals surface area contributed by atoms with Crippen molar-refractivity contribution in [1.29, 1.82) is 0 Å². The molecule has 0 radical (unpaired) electrons. The van der Waals surface area contributed by atoms with Crippen LogP contribution in [-0.2, 0) is 0 Å². The third-order valence-electron chi connectivity index (χ3n) is 5.84. The largest absolute Gasteiger partial charge is 0.436 e. The second kappa shape index (κ2) is 9.55. The van der Waals surface area contributed by atoms with Gasteiger partial charge in [0.25, 0.3) is 5.91 Å². The van der Waals surface area contributed by atoms with Crippen LogP contribution in [0.3, 0.4) is 0 Å². The first-order chi connectivity index (χ1) is 15.8. The Bertz CT molecular complexity index is 1330. The summed E-state index contributed by atoms with van der Waals surface area (Å²) >= 11 is 5.32. The predicted octanol–water partition coefficient (Wildman–Crippen LogP) is 6.75. The molecular weight excluding hydrogens is 430 g/mol. The zero-order valence-electron chi connectivity index (χ0n) is 19.2. The zero-order valence-corrected chi connectivity index (χ0v) is 20.0. The van der Waals surface area contributed by atoms with Gasteiger partial charge in [-0.2, -0.15) is 0 Å². The Hall–Kier alpha value is -3.51. The fourth-order valence-electron chi connectivity index (χ4n) is 3.71. The number of aryl methyl sites for hydroxylation is 2. The lowest BCUT2D eigenvalue weighted by Gasteiger charge is -2.11. The van der Waals surface area contributed by atoms with Gasteiger partial charge in [-0.05, 0) is 92.0 Å². The number of nitrogens with one attached hydrogen (secondary N) is 2. The Morgan fingerprint density at radius 2 is 1.82 bits per heavy atom. The van der Waals surface area contributed by atoms with Gasteiger partial charge in [0, 0.05) is 16.8 Å². The Kier molecular flexibility index (Phi) is 6.56. The maximum Gasteiger partial charge on any atom is 0.257 e. The molecule has 0 bridgehead atoms. The molecule has 0 unspecified atom stereocenters. The summed E-state index contributed by atoms with van der Waals surface area (Å²) in [4.78, 5) is 17.2. The molecular formula is C27H27N3O2S. The van der Waals surface area contributed by atoms with E-state index in [1.165, 1.54) is 5.56 Å². The van der Waals surface area contributed by atoms with Crippen LogP contribution in [0.15, 0.2) is 65.1 Å². The van der Waals surface area contributed by atoms with E-state index >= 15 is 0 Å². The summed E-state index contributed by atoms with van der Waals surface area (Å²) in [6.45, 7) is 8.30. The van der Waals surface area contributed by atoms with Crippen LogP contribution >= 0.6 is 12.2 Å². The average Bonchev–Trinajstić information content (AvgIpc) is 3.22. The molecule has 5 nitrogen and oxygen atoms in total. The SMILES string of the molecule is CC[C@H](C)c1ccc2oc(-c3ccc(NC(=S)NC(=O)c4ccc(C)cc4C)cc3)nc2c1. The zero-order chi connectivity index (χ0) is 23.5. The molecule has 3 aromatic carbocycles. The van der Waals surface area contributed by atoms with Crippen molar-refractivity contribution >= 4 is 40.0 Å². The topological polar surface area (TPSA) is 67.2 Å². The molecule has 0 saturated carbocycles. The van der Waals surface area contributed by atoms with Gasteiger partial charge in [-0.1, -0.05) is 37.6 Å². The summed E-state index contributed by atoms with van der Waals surface area (Å²) in [5.74, 6) is 0.826. The second-order valence-corrected chi connectivity index (χ2v) is 8.77. The molecule has 2 N–H and O–H groups in total. The second-order valence-electron chi connectivity index (χ2n) is 8.36. The van der Waals surface area contributed by atoms with Crippen LogP contribution in [0, 0.1) is 13.8 Å². The maximum absolute atomic E-state index is 12.5. The van der Waals surface area contributed by atoms with Crippen LogP contribution in [0.2, 0.25) is 0 Å². The number of fused-ring (bicyclic) bond motifs is 1. The molecule has 0 spiro atoms. The van der Waals surface area contributed by atoms with Crippen LogP contribution < -0.4 is 10.6 Å². The normalized spacial score (nSPS) is 11.9. The van der Waals surface area contributed by atoms with Gasteiger partial charge in [-0.15, -0.1) is 0 Å². The summed E-state index contributed by atoms with van der Waals surface area (Å²) < 4.78 is 5.95.